The molecule has 0 aliphatic carbocycles. The van der Waals surface area contributed by atoms with Crippen LogP contribution in [0.1, 0.15) is 32.4 Å². The number of ether oxygens (including phenoxy) is 1. The van der Waals surface area contributed by atoms with E-state index < -0.39 is 0 Å². The summed E-state index contributed by atoms with van der Waals surface area (Å²) in [6.07, 6.45) is 1.08. The molecule has 1 aromatic carbocycles. The predicted molar refractivity (Wildman–Crippen MR) is 112 cm³/mol. The van der Waals surface area contributed by atoms with Crippen LogP contribution in [0.4, 0.5) is 5.13 Å². The number of amides is 1. The van der Waals surface area contributed by atoms with Crippen LogP contribution in [0.2, 0.25) is 0 Å². The molecule has 29 heavy (non-hydrogen) atoms. The summed E-state index contributed by atoms with van der Waals surface area (Å²) >= 11 is 1.25. The number of para-hydroxylation sites is 2. The van der Waals surface area contributed by atoms with Gasteiger partial charge in [0.1, 0.15) is 0 Å². The molecular formula is C20H24N4O4S. The SMILES string of the molecule is CCCn1c(=O)n(CCC(=O)Nc2nc(CC(=O)OCC)cs2)c2ccccc21. The Labute approximate surface area is 172 Å². The second-order valence-corrected chi connectivity index (χ2v) is 7.36. The Bertz CT molecular complexity index is 1070. The lowest BCUT2D eigenvalue weighted by atomic mass is 10.3. The molecule has 154 valence electrons. The number of fused-ring (bicyclic) bond motifs is 1. The van der Waals surface area contributed by atoms with Gasteiger partial charge >= 0.3 is 11.7 Å². The van der Waals surface area contributed by atoms with Crippen molar-refractivity contribution in [2.24, 2.45) is 0 Å². The number of hydrogen-bond acceptors (Lipinski definition) is 6. The van der Waals surface area contributed by atoms with E-state index in [-0.39, 0.29) is 37.0 Å². The van der Waals surface area contributed by atoms with Gasteiger partial charge in [-0.05, 0) is 25.5 Å². The molecule has 0 unspecified atom stereocenters. The van der Waals surface area contributed by atoms with Crippen LogP contribution in [0.3, 0.4) is 0 Å². The number of nitrogens with zero attached hydrogens (tertiary/aromatic N) is 3. The summed E-state index contributed by atoms with van der Waals surface area (Å²) in [7, 11) is 0. The molecule has 0 saturated carbocycles. The summed E-state index contributed by atoms with van der Waals surface area (Å²) in [6, 6.07) is 7.60. The van der Waals surface area contributed by atoms with Crippen molar-refractivity contribution < 1.29 is 14.3 Å². The molecule has 2 aromatic heterocycles. The molecule has 0 fully saturated rings. The van der Waals surface area contributed by atoms with Crippen molar-refractivity contribution in [2.45, 2.75) is 46.2 Å². The van der Waals surface area contributed by atoms with Gasteiger partial charge in [0.15, 0.2) is 5.13 Å². The molecule has 8 nitrogen and oxygen atoms in total. The maximum atomic E-state index is 12.7. The first kappa shape index (κ1) is 20.8. The topological polar surface area (TPSA) is 95.2 Å². The Balaban J connectivity index is 1.64. The number of imidazole rings is 1. The van der Waals surface area contributed by atoms with Crippen molar-refractivity contribution in [2.75, 3.05) is 11.9 Å². The maximum Gasteiger partial charge on any atom is 0.329 e. The van der Waals surface area contributed by atoms with Crippen LogP contribution in [-0.2, 0) is 33.8 Å². The Hall–Kier alpha value is -2.94. The lowest BCUT2D eigenvalue weighted by molar-refractivity contribution is -0.142. The molecule has 0 aliphatic rings. The summed E-state index contributed by atoms with van der Waals surface area (Å²) < 4.78 is 8.28. The monoisotopic (exact) mass is 416 g/mol. The van der Waals surface area contributed by atoms with E-state index in [1.54, 1.807) is 21.4 Å². The lowest BCUT2D eigenvalue weighted by Crippen LogP contribution is -2.26. The van der Waals surface area contributed by atoms with Gasteiger partial charge in [0.2, 0.25) is 5.91 Å². The van der Waals surface area contributed by atoms with Crippen LogP contribution >= 0.6 is 11.3 Å². The van der Waals surface area contributed by atoms with Crippen molar-refractivity contribution in [3.8, 4) is 0 Å². The molecule has 0 saturated heterocycles. The molecule has 0 atom stereocenters. The Morgan fingerprint density at radius 2 is 1.83 bits per heavy atom. The van der Waals surface area contributed by atoms with Gasteiger partial charge < -0.3 is 10.1 Å². The first-order valence-corrected chi connectivity index (χ1v) is 10.5. The zero-order chi connectivity index (χ0) is 20.8. The second-order valence-electron chi connectivity index (χ2n) is 6.50. The first-order chi connectivity index (χ1) is 14.0. The number of carbonyl (C=O) groups is 2. The third kappa shape index (κ3) is 4.92. The fourth-order valence-electron chi connectivity index (χ4n) is 3.13. The molecular weight excluding hydrogens is 392 g/mol. The molecule has 0 spiro atoms. The highest BCUT2D eigenvalue weighted by Gasteiger charge is 2.14. The predicted octanol–water partition coefficient (Wildman–Crippen LogP) is 2.80. The molecule has 0 bridgehead atoms. The minimum Gasteiger partial charge on any atom is -0.466 e. The highest BCUT2D eigenvalue weighted by atomic mass is 32.1. The molecule has 2 heterocycles. The van der Waals surface area contributed by atoms with E-state index in [0.717, 1.165) is 17.5 Å². The Kier molecular flexibility index (Phi) is 6.82. The molecule has 0 radical (unpaired) electrons. The minimum atomic E-state index is -0.349. The van der Waals surface area contributed by atoms with E-state index in [0.29, 0.717) is 24.0 Å². The van der Waals surface area contributed by atoms with Crippen molar-refractivity contribution in [1.82, 2.24) is 14.1 Å². The number of carbonyl (C=O) groups excluding carboxylic acids is 2. The molecule has 0 aliphatic heterocycles. The summed E-state index contributed by atoms with van der Waals surface area (Å²) in [5.74, 6) is -0.584. The third-order valence-electron chi connectivity index (χ3n) is 4.36. The summed E-state index contributed by atoms with van der Waals surface area (Å²) in [4.78, 5) is 40.8. The Morgan fingerprint density at radius 1 is 1.14 bits per heavy atom. The molecule has 1 amide bonds. The second kappa shape index (κ2) is 9.51. The summed E-state index contributed by atoms with van der Waals surface area (Å²) in [6.45, 7) is 5.01. The van der Waals surface area contributed by atoms with Crippen LogP contribution < -0.4 is 11.0 Å². The number of thiazole rings is 1. The molecule has 3 aromatic rings. The van der Waals surface area contributed by atoms with Gasteiger partial charge in [-0.3, -0.25) is 18.7 Å². The highest BCUT2D eigenvalue weighted by Crippen LogP contribution is 2.17. The normalized spacial score (nSPS) is 11.0. The van der Waals surface area contributed by atoms with Crippen LogP contribution in [0.5, 0.6) is 0 Å². The van der Waals surface area contributed by atoms with E-state index in [1.165, 1.54) is 11.3 Å². The number of aryl methyl sites for hydroxylation is 2. The van der Waals surface area contributed by atoms with E-state index in [4.69, 9.17) is 4.74 Å². The summed E-state index contributed by atoms with van der Waals surface area (Å²) in [5, 5.41) is 4.88. The quantitative estimate of drug-likeness (QED) is 0.541. The smallest absolute Gasteiger partial charge is 0.329 e. The Morgan fingerprint density at radius 3 is 2.48 bits per heavy atom. The number of hydrogen-bond donors (Lipinski definition) is 1. The van der Waals surface area contributed by atoms with Gasteiger partial charge in [0.25, 0.3) is 0 Å². The summed E-state index contributed by atoms with van der Waals surface area (Å²) in [5.41, 5.74) is 2.16. The van der Waals surface area contributed by atoms with Crippen LogP contribution in [0.25, 0.3) is 11.0 Å². The van der Waals surface area contributed by atoms with E-state index >= 15 is 0 Å². The van der Waals surface area contributed by atoms with Gasteiger partial charge in [0, 0.05) is 24.9 Å². The number of aromatic nitrogens is 3. The van der Waals surface area contributed by atoms with Gasteiger partial charge in [-0.25, -0.2) is 9.78 Å². The van der Waals surface area contributed by atoms with Gasteiger partial charge in [-0.1, -0.05) is 19.1 Å². The molecule has 3 rings (SSSR count). The lowest BCUT2D eigenvalue weighted by Gasteiger charge is -2.04. The fraction of sp³-hybridized carbons (Fsp3) is 0.400. The van der Waals surface area contributed by atoms with Crippen molar-refractivity contribution in [3.05, 3.63) is 45.8 Å². The largest absolute Gasteiger partial charge is 0.466 e. The maximum absolute atomic E-state index is 12.7. The molecule has 9 heteroatoms. The minimum absolute atomic E-state index is 0.0759. The number of nitrogens with one attached hydrogen (secondary N) is 1. The number of esters is 1. The van der Waals surface area contributed by atoms with Gasteiger partial charge in [-0.15, -0.1) is 11.3 Å². The number of rotatable bonds is 9. The third-order valence-corrected chi connectivity index (χ3v) is 5.17. The standard InChI is InChI=1S/C20H24N4O4S/c1-3-10-23-15-7-5-6-8-16(15)24(20(23)27)11-9-17(25)22-19-21-14(13-29-19)12-18(26)28-4-2/h5-8,13H,3-4,9-12H2,1-2H3,(H,21,22,25). The van der Waals surface area contributed by atoms with E-state index in [2.05, 4.69) is 10.3 Å². The first-order valence-electron chi connectivity index (χ1n) is 9.61. The number of anilines is 1. The van der Waals surface area contributed by atoms with Gasteiger partial charge in [-0.2, -0.15) is 0 Å². The zero-order valence-corrected chi connectivity index (χ0v) is 17.3. The van der Waals surface area contributed by atoms with Crippen LogP contribution in [-0.4, -0.2) is 32.6 Å². The van der Waals surface area contributed by atoms with Gasteiger partial charge in [0.05, 0.1) is 29.8 Å². The van der Waals surface area contributed by atoms with E-state index in [1.807, 2.05) is 31.2 Å². The number of benzene rings is 1. The van der Waals surface area contributed by atoms with Crippen molar-refractivity contribution in [1.29, 1.82) is 0 Å². The highest BCUT2D eigenvalue weighted by molar-refractivity contribution is 7.13. The van der Waals surface area contributed by atoms with Crippen LogP contribution in [0, 0.1) is 0 Å². The average molecular weight is 417 g/mol. The fourth-order valence-corrected chi connectivity index (χ4v) is 3.86. The average Bonchev–Trinajstić information content (AvgIpc) is 3.23. The van der Waals surface area contributed by atoms with E-state index in [9.17, 15) is 14.4 Å². The molecule has 1 N–H and O–H groups in total. The van der Waals surface area contributed by atoms with Crippen LogP contribution in [0.15, 0.2) is 34.4 Å². The van der Waals surface area contributed by atoms with Crippen molar-refractivity contribution in [3.63, 3.8) is 0 Å². The van der Waals surface area contributed by atoms with Crippen molar-refractivity contribution >= 4 is 39.4 Å². The zero-order valence-electron chi connectivity index (χ0n) is 16.5.